The first-order chi connectivity index (χ1) is 12.3. The third kappa shape index (κ3) is 3.63. The molecule has 0 aliphatic carbocycles. The summed E-state index contributed by atoms with van der Waals surface area (Å²) in [5, 5.41) is 2.03. The van der Waals surface area contributed by atoms with Crippen molar-refractivity contribution in [3.8, 4) is 22.9 Å². The summed E-state index contributed by atoms with van der Waals surface area (Å²) >= 11 is 0. The molecule has 4 nitrogen and oxygen atoms in total. The number of aromatic nitrogens is 1. The smallest absolute Gasteiger partial charge is 0.214 e. The molecular formula is C21H21NO3. The summed E-state index contributed by atoms with van der Waals surface area (Å²) in [6.45, 7) is 2.76. The molecule has 0 radical (unpaired) electrons. The van der Waals surface area contributed by atoms with Gasteiger partial charge in [0, 0.05) is 22.6 Å². The number of nitrogens with zero attached hydrogens (tertiary/aromatic N) is 1. The van der Waals surface area contributed by atoms with Crippen molar-refractivity contribution in [1.82, 2.24) is 4.98 Å². The molecule has 1 heterocycles. The van der Waals surface area contributed by atoms with Crippen LogP contribution in [0.5, 0.6) is 11.6 Å². The molecule has 2 aromatic carbocycles. The van der Waals surface area contributed by atoms with Gasteiger partial charge in [-0.25, -0.2) is 4.98 Å². The van der Waals surface area contributed by atoms with Crippen molar-refractivity contribution >= 4 is 17.1 Å². The van der Waals surface area contributed by atoms with Crippen LogP contribution < -0.4 is 9.47 Å². The lowest BCUT2D eigenvalue weighted by molar-refractivity contribution is 0.112. The number of hydrogen-bond donors (Lipinski definition) is 0. The van der Waals surface area contributed by atoms with Crippen LogP contribution in [0.15, 0.2) is 48.5 Å². The molecule has 0 aliphatic rings. The van der Waals surface area contributed by atoms with E-state index in [1.54, 1.807) is 25.3 Å². The number of pyridine rings is 1. The fourth-order valence-corrected chi connectivity index (χ4v) is 2.76. The van der Waals surface area contributed by atoms with Crippen LogP contribution in [0, 0.1) is 0 Å². The zero-order valence-electron chi connectivity index (χ0n) is 14.5. The van der Waals surface area contributed by atoms with E-state index in [1.165, 1.54) is 0 Å². The summed E-state index contributed by atoms with van der Waals surface area (Å²) in [5.41, 5.74) is 2.12. The van der Waals surface area contributed by atoms with Crippen molar-refractivity contribution in [1.29, 1.82) is 0 Å². The van der Waals surface area contributed by atoms with E-state index < -0.39 is 0 Å². The second kappa shape index (κ2) is 7.79. The molecule has 1 aromatic heterocycles. The Labute approximate surface area is 147 Å². The van der Waals surface area contributed by atoms with Gasteiger partial charge in [0.1, 0.15) is 12.0 Å². The first kappa shape index (κ1) is 17.0. The number of carbonyl (C=O) groups is 1. The molecule has 3 aromatic rings. The van der Waals surface area contributed by atoms with Crippen molar-refractivity contribution in [2.75, 3.05) is 13.7 Å². The third-order valence-electron chi connectivity index (χ3n) is 4.08. The van der Waals surface area contributed by atoms with Crippen LogP contribution >= 0.6 is 0 Å². The highest BCUT2D eigenvalue weighted by Crippen LogP contribution is 2.36. The van der Waals surface area contributed by atoms with E-state index in [0.29, 0.717) is 23.8 Å². The summed E-state index contributed by atoms with van der Waals surface area (Å²) in [5.74, 6) is 1.26. The minimum absolute atomic E-state index is 0.582. The van der Waals surface area contributed by atoms with E-state index in [-0.39, 0.29) is 0 Å². The monoisotopic (exact) mass is 335 g/mol. The van der Waals surface area contributed by atoms with E-state index in [9.17, 15) is 4.79 Å². The maximum atomic E-state index is 11.2. The lowest BCUT2D eigenvalue weighted by Gasteiger charge is -2.13. The number of unbranched alkanes of at least 4 members (excludes halogenated alkanes) is 1. The maximum Gasteiger partial charge on any atom is 0.214 e. The number of ether oxygens (including phenoxy) is 2. The molecule has 0 N–H and O–H groups in total. The Balaban J connectivity index is 2.18. The van der Waals surface area contributed by atoms with Crippen molar-refractivity contribution in [3.63, 3.8) is 0 Å². The summed E-state index contributed by atoms with van der Waals surface area (Å²) in [7, 11) is 1.61. The number of rotatable bonds is 7. The van der Waals surface area contributed by atoms with E-state index in [0.717, 1.165) is 41.2 Å². The van der Waals surface area contributed by atoms with Crippen molar-refractivity contribution in [3.05, 3.63) is 54.1 Å². The minimum atomic E-state index is 0.582. The van der Waals surface area contributed by atoms with Crippen molar-refractivity contribution in [2.45, 2.75) is 19.8 Å². The van der Waals surface area contributed by atoms with Gasteiger partial charge in [0.2, 0.25) is 5.88 Å². The van der Waals surface area contributed by atoms with Crippen LogP contribution in [0.3, 0.4) is 0 Å². The summed E-state index contributed by atoms with van der Waals surface area (Å²) in [6.07, 6.45) is 2.87. The number of fused-ring (bicyclic) bond motifs is 1. The lowest BCUT2D eigenvalue weighted by atomic mass is 10.0. The fourth-order valence-electron chi connectivity index (χ4n) is 2.76. The highest BCUT2D eigenvalue weighted by molar-refractivity contribution is 5.97. The van der Waals surface area contributed by atoms with Crippen LogP contribution in [0.2, 0.25) is 0 Å². The molecule has 0 saturated carbocycles. The van der Waals surface area contributed by atoms with Crippen LogP contribution in [0.4, 0.5) is 0 Å². The Morgan fingerprint density at radius 1 is 1.12 bits per heavy atom. The molecule has 0 unspecified atom stereocenters. The molecule has 4 heteroatoms. The third-order valence-corrected chi connectivity index (χ3v) is 4.08. The van der Waals surface area contributed by atoms with E-state index in [4.69, 9.17) is 14.5 Å². The maximum absolute atomic E-state index is 11.2. The van der Waals surface area contributed by atoms with Gasteiger partial charge in [-0.2, -0.15) is 0 Å². The second-order valence-corrected chi connectivity index (χ2v) is 5.81. The van der Waals surface area contributed by atoms with Crippen LogP contribution in [-0.2, 0) is 0 Å². The van der Waals surface area contributed by atoms with Gasteiger partial charge in [0.15, 0.2) is 0 Å². The van der Waals surface area contributed by atoms with Gasteiger partial charge in [0.05, 0.1) is 19.4 Å². The molecule has 128 valence electrons. The number of hydrogen-bond acceptors (Lipinski definition) is 4. The topological polar surface area (TPSA) is 48.4 Å². The Morgan fingerprint density at radius 2 is 1.96 bits per heavy atom. The van der Waals surface area contributed by atoms with Gasteiger partial charge in [-0.3, -0.25) is 4.79 Å². The highest BCUT2D eigenvalue weighted by Gasteiger charge is 2.14. The molecule has 0 amide bonds. The SMILES string of the molecule is CCCCOc1cc2ccccc2c(-c2cc(C=O)ccc2OC)n1. The number of aldehydes is 1. The minimum Gasteiger partial charge on any atom is -0.496 e. The number of carbonyl (C=O) groups excluding carboxylic acids is 1. The first-order valence-corrected chi connectivity index (χ1v) is 8.43. The molecule has 0 aliphatic heterocycles. The molecule has 0 saturated heterocycles. The zero-order chi connectivity index (χ0) is 17.6. The average molecular weight is 335 g/mol. The quantitative estimate of drug-likeness (QED) is 0.455. The largest absolute Gasteiger partial charge is 0.496 e. The van der Waals surface area contributed by atoms with Crippen LogP contribution in [0.25, 0.3) is 22.0 Å². The van der Waals surface area contributed by atoms with E-state index in [1.807, 2.05) is 30.3 Å². The Hall–Kier alpha value is -2.88. The Morgan fingerprint density at radius 3 is 2.72 bits per heavy atom. The second-order valence-electron chi connectivity index (χ2n) is 5.81. The normalized spacial score (nSPS) is 10.6. The summed E-state index contributed by atoms with van der Waals surface area (Å²) in [4.78, 5) is 15.9. The van der Waals surface area contributed by atoms with Crippen LogP contribution in [-0.4, -0.2) is 25.0 Å². The standard InChI is InChI=1S/C21H21NO3/c1-3-4-11-25-20-13-16-7-5-6-8-17(16)21(22-20)18-12-15(14-23)9-10-19(18)24-2/h5-10,12-14H,3-4,11H2,1-2H3. The van der Waals surface area contributed by atoms with Crippen molar-refractivity contribution < 1.29 is 14.3 Å². The molecule has 0 fully saturated rings. The van der Waals surface area contributed by atoms with Gasteiger partial charge in [-0.15, -0.1) is 0 Å². The van der Waals surface area contributed by atoms with E-state index >= 15 is 0 Å². The van der Waals surface area contributed by atoms with Gasteiger partial charge < -0.3 is 9.47 Å². The van der Waals surface area contributed by atoms with Crippen molar-refractivity contribution in [2.24, 2.45) is 0 Å². The number of benzene rings is 2. The molecule has 0 spiro atoms. The van der Waals surface area contributed by atoms with Gasteiger partial charge in [0.25, 0.3) is 0 Å². The van der Waals surface area contributed by atoms with Gasteiger partial charge >= 0.3 is 0 Å². The fraction of sp³-hybridized carbons (Fsp3) is 0.238. The molecular weight excluding hydrogens is 314 g/mol. The first-order valence-electron chi connectivity index (χ1n) is 8.43. The Bertz CT molecular complexity index is 889. The van der Waals surface area contributed by atoms with Gasteiger partial charge in [-0.1, -0.05) is 37.6 Å². The molecule has 0 atom stereocenters. The van der Waals surface area contributed by atoms with E-state index in [2.05, 4.69) is 6.92 Å². The van der Waals surface area contributed by atoms with Gasteiger partial charge in [-0.05, 0) is 30.0 Å². The predicted octanol–water partition coefficient (Wildman–Crippen LogP) is 4.90. The van der Waals surface area contributed by atoms with Crippen LogP contribution in [0.1, 0.15) is 30.1 Å². The summed E-state index contributed by atoms with van der Waals surface area (Å²) < 4.78 is 11.3. The zero-order valence-corrected chi connectivity index (χ0v) is 14.5. The molecule has 25 heavy (non-hydrogen) atoms. The number of methoxy groups -OCH3 is 1. The Kier molecular flexibility index (Phi) is 5.29. The average Bonchev–Trinajstić information content (AvgIpc) is 2.67. The molecule has 3 rings (SSSR count). The molecule has 0 bridgehead atoms. The lowest BCUT2D eigenvalue weighted by Crippen LogP contribution is -2.00. The predicted molar refractivity (Wildman–Crippen MR) is 99.5 cm³/mol. The summed E-state index contributed by atoms with van der Waals surface area (Å²) in [6, 6.07) is 15.3. The highest BCUT2D eigenvalue weighted by atomic mass is 16.5.